The number of hydrogen-bond acceptors (Lipinski definition) is 5. The second kappa shape index (κ2) is 8.71. The summed E-state index contributed by atoms with van der Waals surface area (Å²) in [5.41, 5.74) is 5.17. The van der Waals surface area contributed by atoms with Crippen molar-refractivity contribution in [3.05, 3.63) is 69.5 Å². The number of nitrogens with zero attached hydrogens (tertiary/aromatic N) is 1. The number of amides is 3. The molecule has 0 aliphatic heterocycles. The highest BCUT2D eigenvalue weighted by molar-refractivity contribution is 6.04. The van der Waals surface area contributed by atoms with Crippen molar-refractivity contribution in [2.45, 2.75) is 19.4 Å². The Morgan fingerprint density at radius 1 is 1.21 bits per heavy atom. The zero-order valence-electron chi connectivity index (χ0n) is 14.8. The highest BCUT2D eigenvalue weighted by Gasteiger charge is 2.23. The van der Waals surface area contributed by atoms with Crippen molar-refractivity contribution < 1.29 is 23.7 Å². The second-order valence-electron chi connectivity index (χ2n) is 5.90. The molecular weight excluding hydrogens is 371 g/mol. The lowest BCUT2D eigenvalue weighted by atomic mass is 10.0. The summed E-state index contributed by atoms with van der Waals surface area (Å²) >= 11 is 0. The number of hydrogen-bond donors (Lipinski definition) is 3. The zero-order valence-corrected chi connectivity index (χ0v) is 14.8. The number of primary amides is 1. The first-order valence-electron chi connectivity index (χ1n) is 8.08. The number of rotatable bonds is 7. The molecule has 2 aromatic rings. The van der Waals surface area contributed by atoms with Gasteiger partial charge in [-0.05, 0) is 23.8 Å². The molecule has 146 valence electrons. The molecule has 10 heteroatoms. The van der Waals surface area contributed by atoms with Crippen LogP contribution in [0.15, 0.2) is 42.5 Å². The summed E-state index contributed by atoms with van der Waals surface area (Å²) < 4.78 is 13.5. The van der Waals surface area contributed by atoms with E-state index in [4.69, 9.17) is 5.73 Å². The van der Waals surface area contributed by atoms with Crippen molar-refractivity contribution in [1.29, 1.82) is 0 Å². The second-order valence-corrected chi connectivity index (χ2v) is 5.90. The number of nitrogens with one attached hydrogen (secondary N) is 2. The van der Waals surface area contributed by atoms with Crippen molar-refractivity contribution >= 4 is 29.1 Å². The standard InChI is InChI=1S/C18H17FN4O5/c1-10(24)21-14-5-3-2-4-12(14)18(26)22-15(17(20)25)8-11-6-7-13(19)16(9-11)23(27)28/h2-7,9,15H,8H2,1H3,(H2,20,25)(H,21,24)(H,22,26)/t15-/m1/s1. The molecule has 0 unspecified atom stereocenters. The number of nitro groups is 1. The minimum atomic E-state index is -1.21. The summed E-state index contributed by atoms with van der Waals surface area (Å²) in [6, 6.07) is 8.08. The fourth-order valence-corrected chi connectivity index (χ4v) is 2.50. The number of nitrogens with two attached hydrogens (primary N) is 1. The van der Waals surface area contributed by atoms with E-state index in [0.29, 0.717) is 0 Å². The maximum absolute atomic E-state index is 13.5. The molecule has 0 aromatic heterocycles. The van der Waals surface area contributed by atoms with Crippen LogP contribution in [0.3, 0.4) is 0 Å². The summed E-state index contributed by atoms with van der Waals surface area (Å²) in [5, 5.41) is 15.8. The molecule has 0 bridgehead atoms. The SMILES string of the molecule is CC(=O)Nc1ccccc1C(=O)N[C@H](Cc1ccc(F)c([N+](=O)[O-])c1)C(N)=O. The number of carbonyl (C=O) groups is 3. The molecule has 1 atom stereocenters. The molecule has 0 aliphatic rings. The Morgan fingerprint density at radius 3 is 2.50 bits per heavy atom. The molecule has 3 amide bonds. The Balaban J connectivity index is 2.24. The monoisotopic (exact) mass is 388 g/mol. The minimum absolute atomic E-state index is 0.106. The summed E-state index contributed by atoms with van der Waals surface area (Å²) in [7, 11) is 0. The number of benzene rings is 2. The van der Waals surface area contributed by atoms with Crippen LogP contribution in [0.2, 0.25) is 0 Å². The van der Waals surface area contributed by atoms with Gasteiger partial charge in [0.25, 0.3) is 5.91 Å². The van der Waals surface area contributed by atoms with E-state index in [0.717, 1.165) is 12.1 Å². The first kappa shape index (κ1) is 20.5. The smallest absolute Gasteiger partial charge is 0.305 e. The van der Waals surface area contributed by atoms with E-state index in [9.17, 15) is 28.9 Å². The van der Waals surface area contributed by atoms with Crippen LogP contribution in [0.25, 0.3) is 0 Å². The van der Waals surface area contributed by atoms with Crippen molar-refractivity contribution in [2.75, 3.05) is 5.32 Å². The lowest BCUT2D eigenvalue weighted by Gasteiger charge is -2.17. The van der Waals surface area contributed by atoms with Crippen molar-refractivity contribution in [1.82, 2.24) is 5.32 Å². The van der Waals surface area contributed by atoms with Gasteiger partial charge < -0.3 is 16.4 Å². The molecule has 0 spiro atoms. The van der Waals surface area contributed by atoms with E-state index in [1.807, 2.05) is 0 Å². The fraction of sp³-hybridized carbons (Fsp3) is 0.167. The van der Waals surface area contributed by atoms with E-state index in [1.54, 1.807) is 12.1 Å². The quantitative estimate of drug-likeness (QED) is 0.486. The highest BCUT2D eigenvalue weighted by Crippen LogP contribution is 2.20. The number of anilines is 1. The van der Waals surface area contributed by atoms with Gasteiger partial charge >= 0.3 is 5.69 Å². The van der Waals surface area contributed by atoms with E-state index >= 15 is 0 Å². The van der Waals surface area contributed by atoms with Crippen LogP contribution in [-0.4, -0.2) is 28.7 Å². The van der Waals surface area contributed by atoms with E-state index in [1.165, 1.54) is 25.1 Å². The summed E-state index contributed by atoms with van der Waals surface area (Å²) in [6.45, 7) is 1.28. The van der Waals surface area contributed by atoms with Crippen LogP contribution in [-0.2, 0) is 16.0 Å². The third-order valence-electron chi connectivity index (χ3n) is 3.78. The van der Waals surface area contributed by atoms with Crippen LogP contribution in [0.1, 0.15) is 22.8 Å². The Bertz CT molecular complexity index is 947. The van der Waals surface area contributed by atoms with Crippen LogP contribution >= 0.6 is 0 Å². The van der Waals surface area contributed by atoms with Gasteiger partial charge in [0.1, 0.15) is 6.04 Å². The van der Waals surface area contributed by atoms with E-state index < -0.39 is 34.3 Å². The Labute approximate surface area is 158 Å². The normalized spacial score (nSPS) is 11.4. The number of para-hydroxylation sites is 1. The largest absolute Gasteiger partial charge is 0.368 e. The topological polar surface area (TPSA) is 144 Å². The van der Waals surface area contributed by atoms with Crippen LogP contribution in [0.5, 0.6) is 0 Å². The third kappa shape index (κ3) is 5.10. The molecule has 28 heavy (non-hydrogen) atoms. The molecule has 0 saturated heterocycles. The van der Waals surface area contributed by atoms with Gasteiger partial charge in [-0.1, -0.05) is 18.2 Å². The van der Waals surface area contributed by atoms with E-state index in [-0.39, 0.29) is 29.1 Å². The van der Waals surface area contributed by atoms with Crippen LogP contribution < -0.4 is 16.4 Å². The number of carbonyl (C=O) groups excluding carboxylic acids is 3. The Morgan fingerprint density at radius 2 is 1.89 bits per heavy atom. The number of halogens is 1. The van der Waals surface area contributed by atoms with Crippen molar-refractivity contribution in [2.24, 2.45) is 5.73 Å². The molecule has 9 nitrogen and oxygen atoms in total. The molecule has 0 aliphatic carbocycles. The lowest BCUT2D eigenvalue weighted by Crippen LogP contribution is -2.46. The zero-order chi connectivity index (χ0) is 20.8. The van der Waals surface area contributed by atoms with Crippen LogP contribution in [0.4, 0.5) is 15.8 Å². The van der Waals surface area contributed by atoms with E-state index in [2.05, 4.69) is 10.6 Å². The van der Waals surface area contributed by atoms with Crippen molar-refractivity contribution in [3.8, 4) is 0 Å². The minimum Gasteiger partial charge on any atom is -0.368 e. The van der Waals surface area contributed by atoms with Gasteiger partial charge in [-0.2, -0.15) is 4.39 Å². The predicted molar refractivity (Wildman–Crippen MR) is 98.0 cm³/mol. The maximum Gasteiger partial charge on any atom is 0.305 e. The average Bonchev–Trinajstić information content (AvgIpc) is 2.62. The van der Waals surface area contributed by atoms with Gasteiger partial charge in [-0.25, -0.2) is 0 Å². The summed E-state index contributed by atoms with van der Waals surface area (Å²) in [4.78, 5) is 45.5. The third-order valence-corrected chi connectivity index (χ3v) is 3.78. The molecule has 0 heterocycles. The highest BCUT2D eigenvalue weighted by atomic mass is 19.1. The Kier molecular flexibility index (Phi) is 6.38. The fourth-order valence-electron chi connectivity index (χ4n) is 2.50. The summed E-state index contributed by atoms with van der Waals surface area (Å²) in [6.07, 6.45) is -0.176. The average molecular weight is 388 g/mol. The van der Waals surface area contributed by atoms with Gasteiger partial charge in [-0.15, -0.1) is 0 Å². The Hall–Kier alpha value is -3.82. The van der Waals surface area contributed by atoms with Crippen molar-refractivity contribution in [3.63, 3.8) is 0 Å². The van der Waals surface area contributed by atoms with Crippen LogP contribution in [0, 0.1) is 15.9 Å². The van der Waals surface area contributed by atoms with Gasteiger partial charge in [0.05, 0.1) is 16.2 Å². The van der Waals surface area contributed by atoms with Gasteiger partial charge in [0.15, 0.2) is 0 Å². The molecular formula is C18H17FN4O5. The van der Waals surface area contributed by atoms with Gasteiger partial charge in [-0.3, -0.25) is 24.5 Å². The summed E-state index contributed by atoms with van der Waals surface area (Å²) in [5.74, 6) is -2.95. The van der Waals surface area contributed by atoms with Gasteiger partial charge in [0.2, 0.25) is 17.6 Å². The molecule has 2 rings (SSSR count). The maximum atomic E-state index is 13.5. The predicted octanol–water partition coefficient (Wildman–Crippen LogP) is 1.52. The first-order chi connectivity index (χ1) is 13.2. The molecule has 0 fully saturated rings. The lowest BCUT2D eigenvalue weighted by molar-refractivity contribution is -0.387. The molecule has 4 N–H and O–H groups in total. The number of nitro benzene ring substituents is 1. The molecule has 0 radical (unpaired) electrons. The van der Waals surface area contributed by atoms with Gasteiger partial charge in [0, 0.05) is 19.4 Å². The first-order valence-corrected chi connectivity index (χ1v) is 8.08. The molecule has 2 aromatic carbocycles. The molecule has 0 saturated carbocycles.